The van der Waals surface area contributed by atoms with Crippen LogP contribution in [0.5, 0.6) is 0 Å². The first-order valence-electron chi connectivity index (χ1n) is 2.22. The minimum Gasteiger partial charge on any atom is -0.457 e. The molecule has 0 aliphatic heterocycles. The molecule has 0 amide bonds. The smallest absolute Gasteiger partial charge is 0.230 e. The second-order valence-corrected chi connectivity index (χ2v) is 14.5. The van der Waals surface area contributed by atoms with E-state index in [1.807, 2.05) is 10.7 Å². The van der Waals surface area contributed by atoms with Crippen molar-refractivity contribution in [2.45, 2.75) is 13.1 Å². The van der Waals surface area contributed by atoms with Gasteiger partial charge in [0.25, 0.3) is 0 Å². The fourth-order valence-electron chi connectivity index (χ4n) is 0.0833. The van der Waals surface area contributed by atoms with E-state index in [0.29, 0.717) is 0 Å². The van der Waals surface area contributed by atoms with Crippen LogP contribution >= 0.6 is 10.7 Å². The Morgan fingerprint density at radius 3 is 2.00 bits per heavy atom. The van der Waals surface area contributed by atoms with Crippen LogP contribution < -0.4 is 0 Å². The van der Waals surface area contributed by atoms with Crippen molar-refractivity contribution in [3.63, 3.8) is 0 Å². The lowest BCUT2D eigenvalue weighted by Crippen LogP contribution is -2.24. The molecule has 44 valence electrons. The van der Waals surface area contributed by atoms with Crippen LogP contribution in [0.15, 0.2) is 0 Å². The van der Waals surface area contributed by atoms with Crippen LogP contribution in [0.4, 0.5) is 0 Å². The normalized spacial score (nSPS) is 12.9. The van der Waals surface area contributed by atoms with E-state index in [2.05, 4.69) is 13.1 Å². The average molecular weight is 168 g/mol. The number of hydrogen-bond donors (Lipinski definition) is 0. The van der Waals surface area contributed by atoms with Gasteiger partial charge in [0.1, 0.15) is 10.5 Å². The fraction of sp³-hybridized carbons (Fsp3) is 1.00. The number of rotatable bonds is 2. The summed E-state index contributed by atoms with van der Waals surface area (Å²) in [6.07, 6.45) is 0. The Balaban J connectivity index is 3.36. The lowest BCUT2D eigenvalue weighted by Gasteiger charge is -2.16. The van der Waals surface area contributed by atoms with Gasteiger partial charge in [-0.05, 0) is 13.1 Å². The van der Waals surface area contributed by atoms with E-state index in [1.165, 1.54) is 9.39 Å². The van der Waals surface area contributed by atoms with Gasteiger partial charge in [0.15, 0.2) is 0 Å². The van der Waals surface area contributed by atoms with Gasteiger partial charge in [-0.25, -0.2) is 0 Å². The van der Waals surface area contributed by atoms with Gasteiger partial charge < -0.3 is 4.12 Å². The molecule has 0 aromatic rings. The first-order chi connectivity index (χ1) is 3.12. The Hall–Kier alpha value is 0.961. The van der Waals surface area contributed by atoms with E-state index in [0.717, 1.165) is 10.5 Å². The van der Waals surface area contributed by atoms with E-state index < -0.39 is 7.47 Å². The molecule has 1 nitrogen and oxygen atoms in total. The highest BCUT2D eigenvalue weighted by atomic mass is 32.5. The molecular weight excluding hydrogens is 156 g/mol. The van der Waals surface area contributed by atoms with Gasteiger partial charge in [-0.3, -0.25) is 0 Å². The molecule has 5 heteroatoms. The van der Waals surface area contributed by atoms with Crippen LogP contribution in [0.2, 0.25) is 13.1 Å². The zero-order valence-corrected chi connectivity index (χ0v) is 11.1. The Kier molecular flexibility index (Phi) is 3.50. The first kappa shape index (κ1) is 7.96. The maximum Gasteiger partial charge on any atom is 0.230 e. The standard InChI is InChI=1S/C2H12OSSi3/c1-7(2,3-5)4-6/h1-2,5-6H3. The topological polar surface area (TPSA) is 9.23 Å². The van der Waals surface area contributed by atoms with Gasteiger partial charge in [-0.1, -0.05) is 0 Å². The quantitative estimate of drug-likeness (QED) is 0.489. The van der Waals surface area contributed by atoms with E-state index in [9.17, 15) is 0 Å². The summed E-state index contributed by atoms with van der Waals surface area (Å²) in [7, 11) is 3.06. The third-order valence-electron chi connectivity index (χ3n) is 0.983. The molecule has 0 rings (SSSR count). The van der Waals surface area contributed by atoms with Crippen molar-refractivity contribution >= 4 is 38.0 Å². The summed E-state index contributed by atoms with van der Waals surface area (Å²) in [4.78, 5) is 0. The molecule has 0 saturated heterocycles. The monoisotopic (exact) mass is 168 g/mol. The lowest BCUT2D eigenvalue weighted by molar-refractivity contribution is 0.640. The van der Waals surface area contributed by atoms with Gasteiger partial charge in [0.05, 0.1) is 9.39 Å². The Labute approximate surface area is 55.6 Å². The molecule has 0 aliphatic carbocycles. The van der Waals surface area contributed by atoms with E-state index in [-0.39, 0.29) is 0 Å². The van der Waals surface area contributed by atoms with Gasteiger partial charge in [-0.2, -0.15) is 10.7 Å². The summed E-state index contributed by atoms with van der Waals surface area (Å²) in [5, 5.41) is 0. The van der Waals surface area contributed by atoms with Gasteiger partial charge in [0, 0.05) is 0 Å². The highest BCUT2D eigenvalue weighted by Crippen LogP contribution is 2.14. The van der Waals surface area contributed by atoms with Gasteiger partial charge in [-0.15, -0.1) is 0 Å². The van der Waals surface area contributed by atoms with E-state index >= 15 is 0 Å². The Morgan fingerprint density at radius 1 is 1.57 bits per heavy atom. The van der Waals surface area contributed by atoms with Crippen molar-refractivity contribution in [2.24, 2.45) is 0 Å². The summed E-state index contributed by atoms with van der Waals surface area (Å²) in [6, 6.07) is 0. The van der Waals surface area contributed by atoms with Crippen molar-refractivity contribution in [2.75, 3.05) is 0 Å². The van der Waals surface area contributed by atoms with E-state index in [1.54, 1.807) is 0 Å². The molecule has 0 spiro atoms. The van der Waals surface area contributed by atoms with Crippen molar-refractivity contribution in [3.8, 4) is 0 Å². The predicted molar refractivity (Wildman–Crippen MR) is 46.0 cm³/mol. The van der Waals surface area contributed by atoms with E-state index in [4.69, 9.17) is 4.12 Å². The molecule has 0 unspecified atom stereocenters. The minimum absolute atomic E-state index is 0.920. The average Bonchev–Trinajstić information content (AvgIpc) is 1.68. The van der Waals surface area contributed by atoms with Crippen molar-refractivity contribution in [1.82, 2.24) is 0 Å². The second kappa shape index (κ2) is 3.08. The molecule has 0 N–H and O–H groups in total. The Bertz CT molecular complexity index is 50.9. The van der Waals surface area contributed by atoms with Crippen molar-refractivity contribution in [3.05, 3.63) is 0 Å². The zero-order chi connectivity index (χ0) is 5.91. The summed E-state index contributed by atoms with van der Waals surface area (Å²) in [5.74, 6) is 0. The van der Waals surface area contributed by atoms with Gasteiger partial charge in [0.2, 0.25) is 7.47 Å². The summed E-state index contributed by atoms with van der Waals surface area (Å²) < 4.78 is 5.36. The summed E-state index contributed by atoms with van der Waals surface area (Å²) >= 11 is 0. The first-order valence-corrected chi connectivity index (χ1v) is 10.3. The second-order valence-electron chi connectivity index (χ2n) is 1.81. The maximum atomic E-state index is 5.36. The van der Waals surface area contributed by atoms with Gasteiger partial charge >= 0.3 is 0 Å². The van der Waals surface area contributed by atoms with Crippen LogP contribution in [0.1, 0.15) is 0 Å². The highest BCUT2D eigenvalue weighted by molar-refractivity contribution is 8.43. The molecule has 0 aliphatic rings. The Morgan fingerprint density at radius 2 is 2.00 bits per heavy atom. The summed E-state index contributed by atoms with van der Waals surface area (Å²) in [6.45, 7) is 4.50. The molecule has 0 atom stereocenters. The van der Waals surface area contributed by atoms with Crippen LogP contribution in [0.25, 0.3) is 0 Å². The van der Waals surface area contributed by atoms with Crippen molar-refractivity contribution in [1.29, 1.82) is 0 Å². The molecule has 0 fully saturated rings. The van der Waals surface area contributed by atoms with Crippen LogP contribution in [0.3, 0.4) is 0 Å². The van der Waals surface area contributed by atoms with Crippen molar-refractivity contribution < 1.29 is 4.12 Å². The zero-order valence-electron chi connectivity index (χ0n) is 5.32. The summed E-state index contributed by atoms with van der Waals surface area (Å²) in [5.41, 5.74) is 0. The molecule has 0 aromatic carbocycles. The van der Waals surface area contributed by atoms with Crippen LogP contribution in [-0.2, 0) is 4.12 Å². The number of hydrogen-bond acceptors (Lipinski definition) is 2. The molecule has 0 bridgehead atoms. The molecular formula is C2H12OSSi3. The van der Waals surface area contributed by atoms with Crippen LogP contribution in [0, 0.1) is 0 Å². The lowest BCUT2D eigenvalue weighted by atomic mass is 11.9. The molecule has 0 aromatic heterocycles. The highest BCUT2D eigenvalue weighted by Gasteiger charge is 2.15. The van der Waals surface area contributed by atoms with Crippen LogP contribution in [-0.4, -0.2) is 27.3 Å². The minimum atomic E-state index is -1.11. The largest absolute Gasteiger partial charge is 0.457 e. The molecule has 0 radical (unpaired) electrons. The SMILES string of the molecule is C[Si](C)(O[SiH3])S[SiH3]. The fourth-order valence-corrected chi connectivity index (χ4v) is 6.75. The molecule has 0 heterocycles. The third kappa shape index (κ3) is 3.54. The third-order valence-corrected chi connectivity index (χ3v) is 19.2. The molecule has 0 saturated carbocycles. The molecule has 7 heavy (non-hydrogen) atoms. The predicted octanol–water partition coefficient (Wildman–Crippen LogP) is -1.00. The maximum absolute atomic E-state index is 5.36.